The van der Waals surface area contributed by atoms with Crippen LogP contribution >= 0.6 is 0 Å². The lowest BCUT2D eigenvalue weighted by Crippen LogP contribution is -2.75. The van der Waals surface area contributed by atoms with Crippen molar-refractivity contribution >= 4 is 34.2 Å². The Morgan fingerprint density at radius 3 is 0.778 bits per heavy atom. The minimum Gasteiger partial charge on any atom is -0.392 e. The van der Waals surface area contributed by atoms with Crippen LogP contribution in [0.25, 0.3) is 0 Å². The summed E-state index contributed by atoms with van der Waals surface area (Å²) < 4.78 is 51.4. The molecule has 54 heavy (non-hydrogen) atoms. The average Bonchev–Trinajstić information content (AvgIpc) is 3.12. The van der Waals surface area contributed by atoms with Crippen molar-refractivity contribution in [3.8, 4) is 0 Å². The molecule has 0 amide bonds. The van der Waals surface area contributed by atoms with Crippen LogP contribution in [0.2, 0.25) is 26.2 Å². The Morgan fingerprint density at radius 2 is 0.574 bits per heavy atom. The topological polar surface area (TPSA) is 73.8 Å². The van der Waals surface area contributed by atoms with Crippen molar-refractivity contribution < 1.29 is 35.4 Å². The second-order valence-corrected chi connectivity index (χ2v) is 29.2. The Bertz CT molecular complexity index is 1230. The Hall–Kier alpha value is -0.492. The van der Waals surface area contributed by atoms with Gasteiger partial charge in [-0.15, -0.1) is 0 Å². The van der Waals surface area contributed by atoms with Gasteiger partial charge in [0.1, 0.15) is 0 Å². The van der Waals surface area contributed by atoms with Gasteiger partial charge in [-0.25, -0.2) is 0 Å². The number of hydrogen-bond donors (Lipinski definition) is 0. The van der Waals surface area contributed by atoms with Crippen molar-refractivity contribution in [2.24, 2.45) is 45.3 Å². The smallest absolute Gasteiger partial charge is 0.361 e. The molecule has 0 aliphatic heterocycles. The summed E-state index contributed by atoms with van der Waals surface area (Å²) in [4.78, 5) is 0. The first-order chi connectivity index (χ1) is 25.6. The molecule has 12 heteroatoms. The van der Waals surface area contributed by atoms with E-state index in [-0.39, 0.29) is 21.7 Å². The van der Waals surface area contributed by atoms with Crippen LogP contribution in [0, 0.1) is 45.3 Å². The van der Waals surface area contributed by atoms with Crippen LogP contribution in [0.3, 0.4) is 0 Å². The maximum Gasteiger partial charge on any atom is 0.361 e. The maximum atomic E-state index is 6.46. The molecule has 0 heterocycles. The van der Waals surface area contributed by atoms with Crippen LogP contribution < -0.4 is 0 Å². The van der Waals surface area contributed by atoms with Crippen molar-refractivity contribution in [2.75, 3.05) is 52.9 Å². The van der Waals surface area contributed by atoms with Gasteiger partial charge < -0.3 is 35.4 Å². The highest BCUT2D eigenvalue weighted by Crippen LogP contribution is 2.85. The van der Waals surface area contributed by atoms with Gasteiger partial charge in [-0.1, -0.05) is 24.3 Å². The fraction of sp³-hybridized carbons (Fsp3) is 0.810. The van der Waals surface area contributed by atoms with Crippen molar-refractivity contribution in [1.29, 1.82) is 0 Å². The van der Waals surface area contributed by atoms with E-state index in [9.17, 15) is 0 Å². The maximum absolute atomic E-state index is 6.46. The Kier molecular flexibility index (Phi) is 14.4. The zero-order valence-electron chi connectivity index (χ0n) is 36.1. The van der Waals surface area contributed by atoms with Crippen molar-refractivity contribution in [3.05, 3.63) is 47.1 Å². The third-order valence-electron chi connectivity index (χ3n) is 13.9. The van der Waals surface area contributed by atoms with Gasteiger partial charge in [0, 0.05) is 52.9 Å². The highest BCUT2D eigenvalue weighted by Gasteiger charge is 2.78. The molecule has 4 atom stereocenters. The summed E-state index contributed by atoms with van der Waals surface area (Å²) in [5.41, 5.74) is 9.97. The van der Waals surface area contributed by atoms with E-state index in [1.807, 2.05) is 0 Å². The summed E-state index contributed by atoms with van der Waals surface area (Å²) >= 11 is 0. The van der Waals surface area contributed by atoms with Gasteiger partial charge >= 0.3 is 34.2 Å². The second-order valence-electron chi connectivity index (χ2n) is 17.4. The number of allylic oxidation sites excluding steroid dienone is 4. The summed E-state index contributed by atoms with van der Waals surface area (Å²) in [5, 5.41) is 0. The lowest BCUT2D eigenvalue weighted by Gasteiger charge is -2.81. The van der Waals surface area contributed by atoms with Crippen LogP contribution in [-0.4, -0.2) is 87.1 Å². The summed E-state index contributed by atoms with van der Waals surface area (Å²) in [6, 6.07) is 0. The van der Waals surface area contributed by atoms with Crippen LogP contribution in [0.1, 0.15) is 93.9 Å². The Labute approximate surface area is 333 Å². The number of rotatable bonds is 24. The molecule has 8 bridgehead atoms. The van der Waals surface area contributed by atoms with E-state index in [0.29, 0.717) is 76.5 Å². The van der Waals surface area contributed by atoms with E-state index in [1.165, 1.54) is 25.7 Å². The molecule has 308 valence electrons. The molecule has 0 aromatic carbocycles. The molecule has 7 rings (SSSR count). The predicted octanol–water partition coefficient (Wildman–Crippen LogP) is 9.77. The molecule has 0 N–H and O–H groups in total. The Balaban J connectivity index is 1.69. The summed E-state index contributed by atoms with van der Waals surface area (Å²) in [6.07, 6.45) is 17.6. The third-order valence-corrected chi connectivity index (χ3v) is 23.9. The molecule has 0 spiro atoms. The molecule has 0 aromatic rings. The second kappa shape index (κ2) is 17.4. The van der Waals surface area contributed by atoms with Gasteiger partial charge in [0.15, 0.2) is 0 Å². The predicted molar refractivity (Wildman–Crippen MR) is 227 cm³/mol. The van der Waals surface area contributed by atoms with Crippen molar-refractivity contribution in [1.82, 2.24) is 0 Å². The quantitative estimate of drug-likeness (QED) is 0.0892. The average molecular weight is 821 g/mol. The fourth-order valence-electron chi connectivity index (χ4n) is 12.4. The highest BCUT2D eigenvalue weighted by molar-refractivity contribution is 6.72. The van der Waals surface area contributed by atoms with Gasteiger partial charge in [0.05, 0.1) is 0 Å². The standard InChI is InChI=1S/C42H76O8Si4/c1-13-43-51(9,44-14-2)25-21-39-29-35-37-31-40(22-26-52(10,45-15-3)46-16-4)32-38(41(37,33-39)23-27-53(11,47-17-5)48-18-6)36(30-39)42(35,34-40)24-28-54(12,49-19-7)50-20-8/h21-28,35-38H,13-20,29-34H2,1-12H3/b25-21+,26-22+,27-23+,28-24?. The molecule has 7 aliphatic carbocycles. The minimum absolute atomic E-state index is 0.0596. The van der Waals surface area contributed by atoms with E-state index in [0.717, 1.165) is 12.8 Å². The molecule has 4 unspecified atom stereocenters. The van der Waals surface area contributed by atoms with Crippen LogP contribution in [0.4, 0.5) is 0 Å². The molecule has 7 aliphatic rings. The first kappa shape index (κ1) is 44.6. The minimum atomic E-state index is -2.52. The molecular formula is C42H76O8Si4. The zero-order chi connectivity index (χ0) is 39.5. The molecule has 8 nitrogen and oxygen atoms in total. The van der Waals surface area contributed by atoms with Crippen LogP contribution in [0.5, 0.6) is 0 Å². The van der Waals surface area contributed by atoms with Crippen molar-refractivity contribution in [2.45, 2.75) is 120 Å². The monoisotopic (exact) mass is 820 g/mol. The summed E-state index contributed by atoms with van der Waals surface area (Å²) in [7, 11) is -9.97. The Morgan fingerprint density at radius 1 is 0.370 bits per heavy atom. The lowest BCUT2D eigenvalue weighted by atomic mass is 9.23. The first-order valence-electron chi connectivity index (χ1n) is 21.5. The zero-order valence-corrected chi connectivity index (χ0v) is 40.1. The SMILES string of the molecule is CCO[Si](C)(C=CC12CC3(/C=C/[Si](C)(OCC)OCC)CC4C1CC1(/C=C/[Si](C)(OCC)OCC)CC2C(C3)C4(/C=C/[Si](C)(OCC)OCC)C1)OCC. The summed E-state index contributed by atoms with van der Waals surface area (Å²) in [6.45, 7) is 30.9. The third kappa shape index (κ3) is 8.61. The first-order valence-corrected chi connectivity index (χ1v) is 31.1. The van der Waals surface area contributed by atoms with E-state index >= 15 is 0 Å². The fourth-order valence-corrected chi connectivity index (χ4v) is 20.7. The van der Waals surface area contributed by atoms with Gasteiger partial charge in [0.2, 0.25) is 0 Å². The largest absolute Gasteiger partial charge is 0.392 e. The van der Waals surface area contributed by atoms with Gasteiger partial charge in [-0.3, -0.25) is 0 Å². The van der Waals surface area contributed by atoms with Crippen molar-refractivity contribution in [3.63, 3.8) is 0 Å². The molecule has 0 radical (unpaired) electrons. The molecule has 7 fully saturated rings. The van der Waals surface area contributed by atoms with Gasteiger partial charge in [-0.2, -0.15) is 0 Å². The molecular weight excluding hydrogens is 745 g/mol. The highest BCUT2D eigenvalue weighted by atomic mass is 28.4. The molecule has 0 saturated heterocycles. The lowest BCUT2D eigenvalue weighted by molar-refractivity contribution is -0.295. The van der Waals surface area contributed by atoms with Crippen LogP contribution in [-0.2, 0) is 35.4 Å². The molecule has 7 saturated carbocycles. The van der Waals surface area contributed by atoms with E-state index < -0.39 is 34.2 Å². The van der Waals surface area contributed by atoms with E-state index in [2.05, 4.69) is 129 Å². The number of hydrogen-bond acceptors (Lipinski definition) is 8. The van der Waals surface area contributed by atoms with Gasteiger partial charge in [-0.05, 0) is 188 Å². The summed E-state index contributed by atoms with van der Waals surface area (Å²) in [5.74, 6) is 2.15. The van der Waals surface area contributed by atoms with Crippen LogP contribution in [0.15, 0.2) is 47.1 Å². The van der Waals surface area contributed by atoms with E-state index in [4.69, 9.17) is 35.4 Å². The van der Waals surface area contributed by atoms with Gasteiger partial charge in [0.25, 0.3) is 0 Å². The van der Waals surface area contributed by atoms with E-state index in [1.54, 1.807) is 0 Å². The normalized spacial score (nSPS) is 35.0. The molecule has 0 aromatic heterocycles.